The predicted molar refractivity (Wildman–Crippen MR) is 143 cm³/mol. The van der Waals surface area contributed by atoms with Crippen molar-refractivity contribution in [3.05, 3.63) is 83.4 Å². The molecule has 0 bridgehead atoms. The quantitative estimate of drug-likeness (QED) is 0.478. The van der Waals surface area contributed by atoms with Crippen LogP contribution in [-0.2, 0) is 11.2 Å². The van der Waals surface area contributed by atoms with Gasteiger partial charge in [0.1, 0.15) is 11.6 Å². The van der Waals surface area contributed by atoms with Crippen molar-refractivity contribution < 1.29 is 9.18 Å². The number of benzene rings is 2. The number of piperidine rings is 1. The van der Waals surface area contributed by atoms with Crippen LogP contribution in [0.3, 0.4) is 0 Å². The Bertz CT molecular complexity index is 1150. The van der Waals surface area contributed by atoms with E-state index in [-0.39, 0.29) is 11.7 Å². The van der Waals surface area contributed by atoms with Crippen molar-refractivity contribution in [1.82, 2.24) is 19.2 Å². The average Bonchev–Trinajstić information content (AvgIpc) is 3.39. The van der Waals surface area contributed by atoms with Gasteiger partial charge in [0.15, 0.2) is 0 Å². The number of anilines is 1. The van der Waals surface area contributed by atoms with Gasteiger partial charge >= 0.3 is 0 Å². The molecule has 0 atom stereocenters. The number of aromatic nitrogens is 2. The van der Waals surface area contributed by atoms with Gasteiger partial charge in [-0.1, -0.05) is 54.6 Å². The Morgan fingerprint density at radius 1 is 0.972 bits per heavy atom. The number of halogens is 1. The van der Waals surface area contributed by atoms with Crippen molar-refractivity contribution in [3.63, 3.8) is 0 Å². The smallest absolute Gasteiger partial charge is 0.225 e. The highest BCUT2D eigenvalue weighted by Crippen LogP contribution is 2.27. The Kier molecular flexibility index (Phi) is 8.03. The zero-order valence-electron chi connectivity index (χ0n) is 20.4. The third-order valence-corrected chi connectivity index (χ3v) is 7.82. The summed E-state index contributed by atoms with van der Waals surface area (Å²) in [6, 6.07) is 16.8. The Morgan fingerprint density at radius 2 is 1.69 bits per heavy atom. The van der Waals surface area contributed by atoms with Gasteiger partial charge < -0.3 is 9.80 Å². The number of amides is 1. The number of hydrogen-bond donors (Lipinski definition) is 0. The number of carbonyl (C=O) groups excluding carboxylic acids is 1. The number of hydrogen-bond acceptors (Lipinski definition) is 6. The summed E-state index contributed by atoms with van der Waals surface area (Å²) in [6.45, 7) is 6.03. The van der Waals surface area contributed by atoms with Crippen LogP contribution in [0.1, 0.15) is 29.8 Å². The zero-order valence-corrected chi connectivity index (χ0v) is 21.2. The van der Waals surface area contributed by atoms with E-state index in [0.29, 0.717) is 12.3 Å². The molecule has 5 rings (SSSR count). The van der Waals surface area contributed by atoms with Gasteiger partial charge in [-0.15, -0.1) is 0 Å². The van der Waals surface area contributed by atoms with Gasteiger partial charge in [0.05, 0.1) is 0 Å². The molecule has 0 saturated carbocycles. The van der Waals surface area contributed by atoms with E-state index in [2.05, 4.69) is 55.5 Å². The van der Waals surface area contributed by atoms with Crippen molar-refractivity contribution in [1.29, 1.82) is 0 Å². The van der Waals surface area contributed by atoms with Crippen LogP contribution in [0.5, 0.6) is 0 Å². The summed E-state index contributed by atoms with van der Waals surface area (Å²) in [5.74, 6) is 0.929. The maximum atomic E-state index is 13.2. The van der Waals surface area contributed by atoms with Crippen LogP contribution in [0.25, 0.3) is 6.08 Å². The maximum absolute atomic E-state index is 13.2. The zero-order chi connectivity index (χ0) is 24.7. The van der Waals surface area contributed by atoms with E-state index in [0.717, 1.165) is 75.2 Å². The summed E-state index contributed by atoms with van der Waals surface area (Å²) in [7, 11) is 0. The van der Waals surface area contributed by atoms with Gasteiger partial charge in [-0.2, -0.15) is 4.37 Å². The molecule has 0 unspecified atom stereocenters. The fraction of sp³-hybridized carbons (Fsp3) is 0.393. The van der Waals surface area contributed by atoms with Crippen LogP contribution in [0.2, 0.25) is 0 Å². The van der Waals surface area contributed by atoms with Crippen molar-refractivity contribution in [3.8, 4) is 0 Å². The summed E-state index contributed by atoms with van der Waals surface area (Å²) in [5.41, 5.74) is 2.22. The lowest BCUT2D eigenvalue weighted by Gasteiger charge is -2.38. The molecular formula is C28H32FN5OS. The van der Waals surface area contributed by atoms with Crippen molar-refractivity contribution in [2.24, 2.45) is 5.92 Å². The van der Waals surface area contributed by atoms with Gasteiger partial charge in [-0.25, -0.2) is 9.37 Å². The number of nitrogens with zero attached hydrogens (tertiary/aromatic N) is 5. The Hall–Kier alpha value is -3.10. The third kappa shape index (κ3) is 6.36. The van der Waals surface area contributed by atoms with Gasteiger partial charge in [0.2, 0.25) is 11.0 Å². The molecule has 0 aliphatic carbocycles. The van der Waals surface area contributed by atoms with E-state index >= 15 is 0 Å². The summed E-state index contributed by atoms with van der Waals surface area (Å²) < 4.78 is 17.6. The van der Waals surface area contributed by atoms with E-state index < -0.39 is 0 Å². The number of piperazine rings is 1. The number of carbonyl (C=O) groups is 1. The second-order valence-corrected chi connectivity index (χ2v) is 10.2. The second-order valence-electron chi connectivity index (χ2n) is 9.50. The summed E-state index contributed by atoms with van der Waals surface area (Å²) in [6.07, 6.45) is 6.67. The first-order valence-corrected chi connectivity index (χ1v) is 13.5. The fourth-order valence-corrected chi connectivity index (χ4v) is 5.60. The van der Waals surface area contributed by atoms with E-state index in [1.165, 1.54) is 29.2 Å². The SMILES string of the molecule is O=C(C1CCN(c2nc(Cc3ccc(F)cc3)ns2)CC1)N1CCN(C/C=C/c2ccccc2)CC1. The van der Waals surface area contributed by atoms with Gasteiger partial charge in [0, 0.05) is 69.7 Å². The topological polar surface area (TPSA) is 52.6 Å². The van der Waals surface area contributed by atoms with E-state index in [1.807, 2.05) is 6.07 Å². The molecule has 2 fully saturated rings. The minimum absolute atomic E-state index is 0.0948. The molecule has 0 spiro atoms. The molecular weight excluding hydrogens is 473 g/mol. The molecule has 2 aromatic carbocycles. The fourth-order valence-electron chi connectivity index (χ4n) is 4.86. The molecule has 188 valence electrons. The first kappa shape index (κ1) is 24.6. The van der Waals surface area contributed by atoms with Crippen molar-refractivity contribution >= 4 is 28.6 Å². The molecule has 0 N–H and O–H groups in total. The second kappa shape index (κ2) is 11.8. The minimum Gasteiger partial charge on any atom is -0.347 e. The van der Waals surface area contributed by atoms with Crippen LogP contribution in [0, 0.1) is 11.7 Å². The normalized spacial score (nSPS) is 17.7. The molecule has 8 heteroatoms. The molecule has 3 aromatic rings. The summed E-state index contributed by atoms with van der Waals surface area (Å²) in [4.78, 5) is 24.6. The largest absolute Gasteiger partial charge is 0.347 e. The lowest BCUT2D eigenvalue weighted by atomic mass is 9.95. The third-order valence-electron chi connectivity index (χ3n) is 7.01. The molecule has 2 saturated heterocycles. The lowest BCUT2D eigenvalue weighted by molar-refractivity contribution is -0.137. The average molecular weight is 506 g/mol. The van der Waals surface area contributed by atoms with Crippen LogP contribution < -0.4 is 4.90 Å². The Morgan fingerprint density at radius 3 is 2.42 bits per heavy atom. The molecule has 1 aromatic heterocycles. The van der Waals surface area contributed by atoms with Gasteiger partial charge in [-0.3, -0.25) is 9.69 Å². The van der Waals surface area contributed by atoms with Crippen molar-refractivity contribution in [2.45, 2.75) is 19.3 Å². The molecule has 2 aliphatic heterocycles. The molecule has 36 heavy (non-hydrogen) atoms. The Labute approximate surface area is 216 Å². The molecule has 2 aliphatic rings. The highest BCUT2D eigenvalue weighted by atomic mass is 32.1. The van der Waals surface area contributed by atoms with Crippen LogP contribution in [0.15, 0.2) is 60.7 Å². The first-order valence-electron chi connectivity index (χ1n) is 12.7. The monoisotopic (exact) mass is 505 g/mol. The van der Waals surface area contributed by atoms with E-state index in [1.54, 1.807) is 12.1 Å². The molecule has 1 amide bonds. The number of rotatable bonds is 7. The standard InChI is InChI=1S/C28H32FN5OS/c29-25-10-8-23(9-11-25)21-26-30-28(36-31-26)34-15-12-24(13-16-34)27(35)33-19-17-32(18-20-33)14-4-7-22-5-2-1-3-6-22/h1-11,24H,12-21H2/b7-4+. The Balaban J connectivity index is 1.05. The van der Waals surface area contributed by atoms with Gasteiger partial charge in [0.25, 0.3) is 0 Å². The van der Waals surface area contributed by atoms with Crippen molar-refractivity contribution in [2.75, 3.05) is 50.7 Å². The minimum atomic E-state index is -0.235. The van der Waals surface area contributed by atoms with Crippen LogP contribution >= 0.6 is 11.5 Å². The molecule has 3 heterocycles. The molecule has 6 nitrogen and oxygen atoms in total. The summed E-state index contributed by atoms with van der Waals surface area (Å²) >= 11 is 1.41. The lowest BCUT2D eigenvalue weighted by Crippen LogP contribution is -2.51. The van der Waals surface area contributed by atoms with E-state index in [4.69, 9.17) is 4.98 Å². The highest BCUT2D eigenvalue weighted by molar-refractivity contribution is 7.09. The van der Waals surface area contributed by atoms with Crippen LogP contribution in [-0.4, -0.2) is 70.9 Å². The first-order chi connectivity index (χ1) is 17.6. The van der Waals surface area contributed by atoms with Gasteiger partial charge in [-0.05, 0) is 36.1 Å². The van der Waals surface area contributed by atoms with Crippen LogP contribution in [0.4, 0.5) is 9.52 Å². The predicted octanol–water partition coefficient (Wildman–Crippen LogP) is 4.34. The van der Waals surface area contributed by atoms with E-state index in [9.17, 15) is 9.18 Å². The summed E-state index contributed by atoms with van der Waals surface area (Å²) in [5, 5.41) is 0.912. The maximum Gasteiger partial charge on any atom is 0.225 e. The molecule has 0 radical (unpaired) electrons. The highest BCUT2D eigenvalue weighted by Gasteiger charge is 2.31.